The normalized spacial score (nSPS) is 12.7. The van der Waals surface area contributed by atoms with E-state index in [1.807, 2.05) is 13.8 Å². The number of pyridine rings is 1. The summed E-state index contributed by atoms with van der Waals surface area (Å²) in [5, 5.41) is 17.3. The van der Waals surface area contributed by atoms with Gasteiger partial charge in [0, 0.05) is 12.6 Å². The van der Waals surface area contributed by atoms with Crippen LogP contribution in [0.1, 0.15) is 43.6 Å². The van der Waals surface area contributed by atoms with E-state index in [2.05, 4.69) is 15.4 Å². The van der Waals surface area contributed by atoms with Crippen molar-refractivity contribution in [1.29, 1.82) is 0 Å². The lowest BCUT2D eigenvalue weighted by molar-refractivity contribution is 0.0947. The van der Waals surface area contributed by atoms with Crippen molar-refractivity contribution in [3.63, 3.8) is 0 Å². The Morgan fingerprint density at radius 2 is 2.20 bits per heavy atom. The van der Waals surface area contributed by atoms with Crippen molar-refractivity contribution >= 4 is 16.9 Å². The predicted octanol–water partition coefficient (Wildman–Crippen LogP) is 2.77. The van der Waals surface area contributed by atoms with Gasteiger partial charge in [0.1, 0.15) is 5.69 Å². The van der Waals surface area contributed by atoms with Gasteiger partial charge in [-0.15, -0.1) is 0 Å². The summed E-state index contributed by atoms with van der Waals surface area (Å²) in [5.41, 5.74) is 1.72. The number of aromatic nitrogens is 3. The summed E-state index contributed by atoms with van der Waals surface area (Å²) in [6, 6.07) is 5.41. The minimum absolute atomic E-state index is 0.114. The molecule has 25 heavy (non-hydrogen) atoms. The Kier molecular flexibility index (Phi) is 4.85. The van der Waals surface area contributed by atoms with E-state index in [0.717, 1.165) is 0 Å². The van der Waals surface area contributed by atoms with Crippen LogP contribution < -0.4 is 5.32 Å². The predicted molar refractivity (Wildman–Crippen MR) is 94.2 cm³/mol. The molecule has 1 amide bonds. The Bertz CT molecular complexity index is 866. The fourth-order valence-electron chi connectivity index (χ4n) is 2.62. The van der Waals surface area contributed by atoms with Gasteiger partial charge in [-0.05, 0) is 45.4 Å². The third kappa shape index (κ3) is 3.56. The van der Waals surface area contributed by atoms with Gasteiger partial charge < -0.3 is 14.8 Å². The van der Waals surface area contributed by atoms with Crippen LogP contribution in [-0.4, -0.2) is 38.4 Å². The Balaban J connectivity index is 2.05. The number of fused-ring (bicyclic) bond motifs is 1. The van der Waals surface area contributed by atoms with Crippen molar-refractivity contribution in [1.82, 2.24) is 20.1 Å². The molecular formula is C18H22N4O3. The first-order chi connectivity index (χ1) is 12.0. The van der Waals surface area contributed by atoms with Crippen molar-refractivity contribution in [2.24, 2.45) is 0 Å². The number of nitrogens with one attached hydrogen (secondary N) is 1. The van der Waals surface area contributed by atoms with Crippen molar-refractivity contribution in [3.8, 4) is 11.5 Å². The fourth-order valence-corrected chi connectivity index (χ4v) is 2.62. The molecule has 2 N–H and O–H groups in total. The highest BCUT2D eigenvalue weighted by Crippen LogP contribution is 2.26. The molecule has 0 aliphatic rings. The van der Waals surface area contributed by atoms with E-state index in [1.165, 1.54) is 0 Å². The van der Waals surface area contributed by atoms with Gasteiger partial charge in [0.05, 0.1) is 29.5 Å². The minimum Gasteiger partial charge on any atom is -0.463 e. The highest BCUT2D eigenvalue weighted by Gasteiger charge is 2.19. The summed E-state index contributed by atoms with van der Waals surface area (Å²) >= 11 is 0. The molecule has 132 valence electrons. The van der Waals surface area contributed by atoms with Gasteiger partial charge in [-0.3, -0.25) is 4.79 Å². The number of hydrogen-bond donors (Lipinski definition) is 2. The number of carbonyl (C=O) groups excluding carboxylic acids is 1. The summed E-state index contributed by atoms with van der Waals surface area (Å²) in [6.07, 6.45) is 3.28. The molecule has 1 unspecified atom stereocenters. The Labute approximate surface area is 145 Å². The van der Waals surface area contributed by atoms with Crippen LogP contribution in [0.15, 0.2) is 35.1 Å². The summed E-state index contributed by atoms with van der Waals surface area (Å²) in [4.78, 5) is 17.3. The third-order valence-electron chi connectivity index (χ3n) is 3.92. The van der Waals surface area contributed by atoms with E-state index in [9.17, 15) is 9.90 Å². The maximum atomic E-state index is 12.7. The van der Waals surface area contributed by atoms with Crippen molar-refractivity contribution in [3.05, 3.63) is 36.2 Å². The highest BCUT2D eigenvalue weighted by molar-refractivity contribution is 6.06. The first-order valence-corrected chi connectivity index (χ1v) is 8.35. The van der Waals surface area contributed by atoms with Crippen LogP contribution in [0, 0.1) is 0 Å². The summed E-state index contributed by atoms with van der Waals surface area (Å²) in [5.74, 6) is 0.376. The monoisotopic (exact) mass is 342 g/mol. The van der Waals surface area contributed by atoms with Crippen LogP contribution in [-0.2, 0) is 0 Å². The number of hydrogen-bond acceptors (Lipinski definition) is 5. The van der Waals surface area contributed by atoms with Crippen LogP contribution in [0.2, 0.25) is 0 Å². The molecule has 0 bridgehead atoms. The number of carbonyl (C=O) groups is 1. The molecule has 3 rings (SSSR count). The number of furan rings is 1. The molecule has 3 aromatic rings. The Morgan fingerprint density at radius 3 is 2.84 bits per heavy atom. The average molecular weight is 342 g/mol. The van der Waals surface area contributed by atoms with Gasteiger partial charge in [0.25, 0.3) is 5.91 Å². The molecule has 0 saturated carbocycles. The van der Waals surface area contributed by atoms with Crippen molar-refractivity contribution in [2.75, 3.05) is 6.54 Å². The number of aliphatic hydroxyl groups excluding tert-OH is 1. The largest absolute Gasteiger partial charge is 0.463 e. The molecule has 7 heteroatoms. The average Bonchev–Trinajstić information content (AvgIpc) is 3.22. The van der Waals surface area contributed by atoms with E-state index >= 15 is 0 Å². The van der Waals surface area contributed by atoms with Gasteiger partial charge in [-0.1, -0.05) is 0 Å². The van der Waals surface area contributed by atoms with Crippen LogP contribution in [0.25, 0.3) is 22.5 Å². The first-order valence-electron chi connectivity index (χ1n) is 8.35. The van der Waals surface area contributed by atoms with Gasteiger partial charge in [0.15, 0.2) is 11.4 Å². The zero-order valence-corrected chi connectivity index (χ0v) is 14.6. The second-order valence-electron chi connectivity index (χ2n) is 6.35. The van der Waals surface area contributed by atoms with Crippen LogP contribution in [0.3, 0.4) is 0 Å². The molecule has 0 aliphatic heterocycles. The maximum absolute atomic E-state index is 12.7. The molecule has 0 aliphatic carbocycles. The second kappa shape index (κ2) is 7.06. The second-order valence-corrected chi connectivity index (χ2v) is 6.35. The number of rotatable bonds is 6. The van der Waals surface area contributed by atoms with E-state index in [0.29, 0.717) is 41.0 Å². The molecular weight excluding hydrogens is 320 g/mol. The zero-order valence-electron chi connectivity index (χ0n) is 14.6. The lowest BCUT2D eigenvalue weighted by Gasteiger charge is -2.10. The van der Waals surface area contributed by atoms with Crippen LogP contribution in [0.5, 0.6) is 0 Å². The lowest BCUT2D eigenvalue weighted by Crippen LogP contribution is -2.26. The standard InChI is InChI=1S/C18H22N4O3/c1-11(2)22-17-14(10-20-22)13(18(24)19-7-6-12(3)23)9-15(21-17)16-5-4-8-25-16/h4-5,8-12,23H,6-7H2,1-3H3,(H,19,24). The first kappa shape index (κ1) is 17.2. The number of aliphatic hydroxyl groups is 1. The van der Waals surface area contributed by atoms with Gasteiger partial charge in [-0.2, -0.15) is 5.10 Å². The lowest BCUT2D eigenvalue weighted by atomic mass is 10.1. The number of nitrogens with zero attached hydrogens (tertiary/aromatic N) is 3. The molecule has 0 aromatic carbocycles. The van der Waals surface area contributed by atoms with Crippen molar-refractivity contribution < 1.29 is 14.3 Å². The molecule has 3 heterocycles. The molecule has 1 atom stereocenters. The summed E-state index contributed by atoms with van der Waals surface area (Å²) in [7, 11) is 0. The Morgan fingerprint density at radius 1 is 1.40 bits per heavy atom. The molecule has 0 radical (unpaired) electrons. The van der Waals surface area contributed by atoms with Gasteiger partial charge >= 0.3 is 0 Å². The smallest absolute Gasteiger partial charge is 0.252 e. The quantitative estimate of drug-likeness (QED) is 0.718. The van der Waals surface area contributed by atoms with Crippen LogP contribution >= 0.6 is 0 Å². The zero-order chi connectivity index (χ0) is 18.0. The Hall–Kier alpha value is -2.67. The molecule has 0 fully saturated rings. The van der Waals surface area contributed by atoms with Gasteiger partial charge in [-0.25, -0.2) is 9.67 Å². The minimum atomic E-state index is -0.458. The van der Waals surface area contributed by atoms with E-state index in [4.69, 9.17) is 4.42 Å². The molecule has 0 saturated heterocycles. The van der Waals surface area contributed by atoms with E-state index in [1.54, 1.807) is 42.3 Å². The SMILES string of the molecule is CC(O)CCNC(=O)c1cc(-c2ccco2)nc2c1cnn2C(C)C. The molecule has 3 aromatic heterocycles. The third-order valence-corrected chi connectivity index (χ3v) is 3.92. The van der Waals surface area contributed by atoms with Gasteiger partial charge in [0.2, 0.25) is 0 Å². The topological polar surface area (TPSA) is 93.2 Å². The van der Waals surface area contributed by atoms with Crippen molar-refractivity contribution in [2.45, 2.75) is 39.3 Å². The summed E-state index contributed by atoms with van der Waals surface area (Å²) < 4.78 is 7.22. The fraction of sp³-hybridized carbons (Fsp3) is 0.389. The number of amides is 1. The maximum Gasteiger partial charge on any atom is 0.252 e. The molecule has 7 nitrogen and oxygen atoms in total. The molecule has 0 spiro atoms. The van der Waals surface area contributed by atoms with E-state index < -0.39 is 6.10 Å². The highest BCUT2D eigenvalue weighted by atomic mass is 16.3. The van der Waals surface area contributed by atoms with Crippen LogP contribution in [0.4, 0.5) is 0 Å². The van der Waals surface area contributed by atoms with E-state index in [-0.39, 0.29) is 11.9 Å². The summed E-state index contributed by atoms with van der Waals surface area (Å²) in [6.45, 7) is 6.11.